The number of carboxylic acids is 1. The van der Waals surface area contributed by atoms with Gasteiger partial charge in [0.15, 0.2) is 0 Å². The van der Waals surface area contributed by atoms with Gasteiger partial charge in [-0.1, -0.05) is 77.2 Å². The highest BCUT2D eigenvalue weighted by atomic mass is 127. The first-order valence-electron chi connectivity index (χ1n) is 38.0. The number of nitrogen functional groups attached to an aromatic ring is 4. The normalized spacial score (nSPS) is 17.5. The van der Waals surface area contributed by atoms with Crippen LogP contribution in [0.1, 0.15) is 159 Å². The van der Waals surface area contributed by atoms with E-state index in [9.17, 15) is 36.7 Å². The van der Waals surface area contributed by atoms with Gasteiger partial charge in [-0.15, -0.1) is 0 Å². The van der Waals surface area contributed by atoms with Crippen molar-refractivity contribution in [2.24, 2.45) is 5.73 Å². The predicted octanol–water partition coefficient (Wildman–Crippen LogP) is 11.6. The van der Waals surface area contributed by atoms with Gasteiger partial charge in [0.05, 0.1) is 169 Å². The highest BCUT2D eigenvalue weighted by molar-refractivity contribution is 14.1. The Balaban J connectivity index is 0.000000167. The largest absolute Gasteiger partial charge is 0.516 e. The number of hydrogen-bond donors (Lipinski definition) is 7. The summed E-state index contributed by atoms with van der Waals surface area (Å²) in [4.78, 5) is 78.7. The molecular formula is C82H96B3BrF4IN13O18. The van der Waals surface area contributed by atoms with Crippen LogP contribution in [-0.4, -0.2) is 200 Å². The Labute approximate surface area is 726 Å². The van der Waals surface area contributed by atoms with Crippen molar-refractivity contribution in [1.82, 2.24) is 39.9 Å². The summed E-state index contributed by atoms with van der Waals surface area (Å²) >= 11 is 5.53. The van der Waals surface area contributed by atoms with E-state index < -0.39 is 85.0 Å². The van der Waals surface area contributed by atoms with Crippen molar-refractivity contribution < 1.29 is 103 Å². The van der Waals surface area contributed by atoms with Crippen LogP contribution in [0.25, 0.3) is 45.0 Å². The average molecular weight is 1870 g/mol. The number of nitrogens with zero attached hydrogens (tertiary/aromatic N) is 8. The second kappa shape index (κ2) is 40.7. The zero-order valence-corrected chi connectivity index (χ0v) is 73.5. The topological polar surface area (TPSA) is 453 Å². The molecule has 6 aliphatic rings. The minimum Gasteiger partial charge on any atom is -0.478 e. The van der Waals surface area contributed by atoms with E-state index in [-0.39, 0.29) is 92.5 Å². The number of benzene rings is 5. The van der Waals surface area contributed by atoms with Crippen LogP contribution in [0.2, 0.25) is 0 Å². The number of carboxylic acid groups (broad SMARTS) is 1. The van der Waals surface area contributed by atoms with Gasteiger partial charge in [0, 0.05) is 40.3 Å². The summed E-state index contributed by atoms with van der Waals surface area (Å²) in [6, 6.07) is 25.2. The third kappa shape index (κ3) is 23.3. The van der Waals surface area contributed by atoms with Crippen molar-refractivity contribution in [3.63, 3.8) is 0 Å². The van der Waals surface area contributed by atoms with Crippen LogP contribution in [-0.2, 0) is 56.3 Å². The first kappa shape index (κ1) is 96.0. The molecule has 122 heavy (non-hydrogen) atoms. The second-order valence-corrected chi connectivity index (χ2v) is 33.8. The van der Waals surface area contributed by atoms with E-state index in [1.807, 2.05) is 113 Å². The molecule has 9 aromatic rings. The lowest BCUT2D eigenvalue weighted by atomic mass is 9.49. The molecule has 0 aliphatic carbocycles. The molecule has 0 saturated carbocycles. The van der Waals surface area contributed by atoms with Crippen molar-refractivity contribution in [1.29, 1.82) is 0 Å². The van der Waals surface area contributed by atoms with Gasteiger partial charge in [0.1, 0.15) is 73.9 Å². The molecule has 6 fully saturated rings. The van der Waals surface area contributed by atoms with Gasteiger partial charge in [-0.25, -0.2) is 71.6 Å². The third-order valence-corrected chi connectivity index (χ3v) is 22.1. The number of ether oxygens (including phenoxy) is 6. The molecule has 0 amide bonds. The fraction of sp³-hybridized carbons (Fsp3) is 0.390. The minimum atomic E-state index is -1.32. The lowest BCUT2D eigenvalue weighted by Gasteiger charge is -2.32. The quantitative estimate of drug-likeness (QED) is 0.0133. The van der Waals surface area contributed by atoms with Gasteiger partial charge < -0.3 is 95.2 Å². The molecule has 0 unspecified atom stereocenters. The van der Waals surface area contributed by atoms with Crippen LogP contribution in [0, 0.1) is 23.3 Å². The van der Waals surface area contributed by atoms with E-state index in [1.165, 1.54) is 94.4 Å². The van der Waals surface area contributed by atoms with E-state index in [0.29, 0.717) is 76.0 Å². The van der Waals surface area contributed by atoms with Gasteiger partial charge in [0.25, 0.3) is 0 Å². The first-order chi connectivity index (χ1) is 57.3. The van der Waals surface area contributed by atoms with Crippen LogP contribution in [0.5, 0.6) is 0 Å². The van der Waals surface area contributed by atoms with Crippen LogP contribution in [0.4, 0.5) is 40.8 Å². The number of carbonyl (C=O) groups excluding carboxylic acids is 3. The maximum absolute atomic E-state index is 14.3. The molecule has 40 heteroatoms. The summed E-state index contributed by atoms with van der Waals surface area (Å²) in [5.74, 6) is -5.49. The van der Waals surface area contributed by atoms with Gasteiger partial charge in [-0.3, -0.25) is 4.98 Å². The highest BCUT2D eigenvalue weighted by Crippen LogP contribution is 2.44. The summed E-state index contributed by atoms with van der Waals surface area (Å²) in [5, 5.41) is 17.5. The number of alkyl halides is 1. The summed E-state index contributed by atoms with van der Waals surface area (Å²) in [7, 11) is 1.90. The Morgan fingerprint density at radius 1 is 0.467 bits per heavy atom. The number of halogens is 6. The molecule has 15 rings (SSSR count). The highest BCUT2D eigenvalue weighted by Gasteiger charge is 2.64. The van der Waals surface area contributed by atoms with Crippen molar-refractivity contribution in [3.05, 3.63) is 195 Å². The Morgan fingerprint density at radius 3 is 1.07 bits per heavy atom. The maximum atomic E-state index is 14.3. The number of aliphatic hydroxyl groups is 1. The van der Waals surface area contributed by atoms with Gasteiger partial charge in [-0.2, -0.15) is 0 Å². The number of rotatable bonds is 14. The summed E-state index contributed by atoms with van der Waals surface area (Å²) in [6.07, 6.45) is 6.09. The lowest BCUT2D eigenvalue weighted by Crippen LogP contribution is -2.41. The summed E-state index contributed by atoms with van der Waals surface area (Å²) in [5.41, 5.74) is 31.3. The fourth-order valence-corrected chi connectivity index (χ4v) is 12.2. The van der Waals surface area contributed by atoms with Crippen LogP contribution in [0.15, 0.2) is 133 Å². The first-order valence-corrected chi connectivity index (χ1v) is 40.1. The van der Waals surface area contributed by atoms with Gasteiger partial charge in [-0.05, 0) is 153 Å². The van der Waals surface area contributed by atoms with E-state index in [0.717, 1.165) is 40.2 Å². The number of aromatic nitrogens is 8. The van der Waals surface area contributed by atoms with Crippen molar-refractivity contribution >= 4 is 112 Å². The molecule has 0 radical (unpaired) electrons. The molecular weight excluding hydrogens is 1770 g/mol. The fourth-order valence-electron chi connectivity index (χ4n) is 11.4. The van der Waals surface area contributed by atoms with Crippen molar-refractivity contribution in [3.8, 4) is 45.0 Å². The Bertz CT molecular complexity index is 5150. The number of methoxy groups -OCH3 is 3. The number of hydrogen-bond acceptors (Lipinski definition) is 30. The Hall–Kier alpha value is -9.82. The third-order valence-electron chi connectivity index (χ3n) is 21.0. The lowest BCUT2D eigenvalue weighted by molar-refractivity contribution is 0.00578. The molecule has 10 heterocycles. The van der Waals surface area contributed by atoms with Gasteiger partial charge >= 0.3 is 45.0 Å². The number of aliphatic hydroxyl groups excluding tert-OH is 1. The summed E-state index contributed by atoms with van der Waals surface area (Å²) < 4.78 is 122. The molecule has 0 bridgehead atoms. The minimum absolute atomic E-state index is 0.00398. The SMILES string of the molecule is CC1(C)OB(B2OC(C)(C)C(C)(C)O2)OC1(C)C.COC(=O)c1ccc(-c2nc(B3OC(C)(C)C(C)(C)O3)cnc2N)cc1F.COC(=O)c1ccc(-c2nc(Br)cnc2N)cc1F.COC(=O)c1ccc(-c2nc(C3COC3)cnc2N)cc1F.IC1COC1.N[C@H](CO)c1ccccc1.Nc1ncc(C2COC2)nc1-c1ccc(C(=O)O)c(F)c1. The molecule has 5 aromatic carbocycles. The van der Waals surface area contributed by atoms with Gasteiger partial charge in [0.2, 0.25) is 0 Å². The standard InChI is InChI=1S/C18H21BFN3O4.C15H14FN3O3.C14H12FN3O3.C12H24B2O4.C12H9BrFN3O2.C8H11NO.C3H5IO/c1-17(2)18(3,4)27-19(26-17)13-9-22-15(21)14(23-13)10-6-7-11(12(20)8-10)16(24)25-5;1-21-15(20)10-3-2-8(4-11(10)16)13-14(17)18-5-12(19-13)9-6-22-7-9;15-10-3-7(1-2-9(10)14(19)20)12-13(16)17-4-11(18-12)8-5-21-6-8;1-9(2)10(3,4)16-13(15-9)14-17-11(5,6)12(7,8)18-14;1-19-12(18)7-3-2-6(4-8(7)14)10-11(15)16-5-9(13)17-10;9-8(6-10)7-4-2-1-3-5-7;4-3-1-5-2-3/h6-9H,1-5H3,(H2,21,22);2-5,9H,6-7H2,1H3,(H2,17,18);1-4,8H,5-6H2,(H2,16,17)(H,19,20);1-8H3;2-5H,1H3,(H2,15,16);1-5,8,10H,6,9H2;3H,1-2H2/t;;;;;8-;/m.....1./s1. The number of carbonyl (C=O) groups is 4. The smallest absolute Gasteiger partial charge is 0.478 e. The number of nitrogens with two attached hydrogens (primary N) is 5. The van der Waals surface area contributed by atoms with E-state index >= 15 is 0 Å². The molecule has 4 aromatic heterocycles. The monoisotopic (exact) mass is 1870 g/mol. The van der Waals surface area contributed by atoms with E-state index in [2.05, 4.69) is 92.6 Å². The molecule has 1 atom stereocenters. The maximum Gasteiger partial charge on any atom is 0.516 e. The second-order valence-electron chi connectivity index (χ2n) is 31.2. The Morgan fingerprint density at radius 2 is 0.770 bits per heavy atom. The predicted molar refractivity (Wildman–Crippen MR) is 460 cm³/mol. The Kier molecular flexibility index (Phi) is 32.0. The van der Waals surface area contributed by atoms with Crippen LogP contribution >= 0.6 is 38.5 Å². The van der Waals surface area contributed by atoms with Crippen molar-refractivity contribution in [2.75, 3.05) is 90.5 Å². The molecule has 0 spiro atoms. The molecule has 6 saturated heterocycles. The number of aromatic carboxylic acids is 1. The van der Waals surface area contributed by atoms with Crippen LogP contribution in [0.3, 0.4) is 0 Å². The zero-order valence-electron chi connectivity index (χ0n) is 69.8. The number of esters is 3. The molecule has 6 aliphatic heterocycles. The van der Waals surface area contributed by atoms with Crippen LogP contribution < -0.4 is 34.3 Å². The molecule has 31 nitrogen and oxygen atoms in total. The van der Waals surface area contributed by atoms with E-state index in [1.54, 1.807) is 18.5 Å². The number of anilines is 4. The zero-order chi connectivity index (χ0) is 89.7. The summed E-state index contributed by atoms with van der Waals surface area (Å²) in [6.45, 7) is 28.2. The molecule has 12 N–H and O–H groups in total. The van der Waals surface area contributed by atoms with Crippen molar-refractivity contribution in [2.45, 2.75) is 138 Å². The average Bonchev–Trinajstić information content (AvgIpc) is 1.59. The van der Waals surface area contributed by atoms with E-state index in [4.69, 9.17) is 81.0 Å². The molecule has 648 valence electrons.